The monoisotopic (exact) mass is 424 g/mol. The summed E-state index contributed by atoms with van der Waals surface area (Å²) in [6.07, 6.45) is 0.454. The van der Waals surface area contributed by atoms with Gasteiger partial charge in [0.05, 0.1) is 13.0 Å². The molecule has 2 N–H and O–H groups in total. The van der Waals surface area contributed by atoms with E-state index in [0.29, 0.717) is 12.0 Å². The number of benzene rings is 2. The number of amides is 2. The van der Waals surface area contributed by atoms with Crippen LogP contribution < -0.4 is 10.6 Å². The minimum absolute atomic E-state index is 0.122. The standard InChI is InChI=1S/C25H32N2O4/c1-16(2)22(27-23(28)20-12-8-18(4)9-13-20)24(29)26-15-21(25(30)31-5)14-19-10-6-17(3)7-11-19/h6-13,16,21-22H,14-15H2,1-5H3,(H,26,29)(H,27,28). The van der Waals surface area contributed by atoms with E-state index < -0.39 is 12.0 Å². The molecule has 2 amide bonds. The van der Waals surface area contributed by atoms with Gasteiger partial charge in [-0.15, -0.1) is 0 Å². The average molecular weight is 425 g/mol. The van der Waals surface area contributed by atoms with Crippen molar-refractivity contribution in [2.24, 2.45) is 11.8 Å². The van der Waals surface area contributed by atoms with Gasteiger partial charge in [0.15, 0.2) is 0 Å². The Bertz CT molecular complexity index is 889. The van der Waals surface area contributed by atoms with Crippen molar-refractivity contribution in [3.8, 4) is 0 Å². The molecule has 0 saturated carbocycles. The van der Waals surface area contributed by atoms with Crippen LogP contribution in [0.3, 0.4) is 0 Å². The molecule has 0 heterocycles. The van der Waals surface area contributed by atoms with Crippen LogP contribution in [0.5, 0.6) is 0 Å². The zero-order valence-corrected chi connectivity index (χ0v) is 18.9. The third-order valence-electron chi connectivity index (χ3n) is 5.21. The van der Waals surface area contributed by atoms with E-state index in [1.165, 1.54) is 7.11 Å². The molecule has 0 bridgehead atoms. The first-order valence-electron chi connectivity index (χ1n) is 10.5. The lowest BCUT2D eigenvalue weighted by Gasteiger charge is -2.23. The molecule has 2 rings (SSSR count). The summed E-state index contributed by atoms with van der Waals surface area (Å²) < 4.78 is 4.92. The first-order valence-corrected chi connectivity index (χ1v) is 10.5. The number of carbonyl (C=O) groups is 3. The highest BCUT2D eigenvalue weighted by Gasteiger charge is 2.27. The van der Waals surface area contributed by atoms with E-state index in [-0.39, 0.29) is 30.2 Å². The molecular weight excluding hydrogens is 392 g/mol. The highest BCUT2D eigenvalue weighted by atomic mass is 16.5. The van der Waals surface area contributed by atoms with Crippen LogP contribution in [0, 0.1) is 25.7 Å². The lowest BCUT2D eigenvalue weighted by molar-refractivity contribution is -0.145. The normalized spacial score (nSPS) is 12.7. The van der Waals surface area contributed by atoms with E-state index in [2.05, 4.69) is 10.6 Å². The molecular formula is C25H32N2O4. The van der Waals surface area contributed by atoms with Crippen LogP contribution in [-0.2, 0) is 20.7 Å². The fraction of sp³-hybridized carbons (Fsp3) is 0.400. The van der Waals surface area contributed by atoms with Gasteiger partial charge < -0.3 is 15.4 Å². The molecule has 0 aliphatic rings. The van der Waals surface area contributed by atoms with Crippen LogP contribution in [0.4, 0.5) is 0 Å². The smallest absolute Gasteiger partial charge is 0.310 e. The molecule has 2 atom stereocenters. The number of ether oxygens (including phenoxy) is 1. The molecule has 6 nitrogen and oxygen atoms in total. The maximum absolute atomic E-state index is 12.8. The minimum Gasteiger partial charge on any atom is -0.469 e. The zero-order valence-electron chi connectivity index (χ0n) is 18.9. The second-order valence-corrected chi connectivity index (χ2v) is 8.22. The summed E-state index contributed by atoms with van der Waals surface area (Å²) in [7, 11) is 1.34. The second-order valence-electron chi connectivity index (χ2n) is 8.22. The Morgan fingerprint density at radius 3 is 1.97 bits per heavy atom. The molecule has 166 valence electrons. The highest BCUT2D eigenvalue weighted by molar-refractivity contribution is 5.97. The van der Waals surface area contributed by atoms with Crippen molar-refractivity contribution in [2.45, 2.75) is 40.2 Å². The molecule has 0 saturated heterocycles. The summed E-state index contributed by atoms with van der Waals surface area (Å²) >= 11 is 0. The van der Waals surface area contributed by atoms with Crippen LogP contribution in [0.2, 0.25) is 0 Å². The summed E-state index contributed by atoms with van der Waals surface area (Å²) in [5, 5.41) is 5.63. The molecule has 2 aromatic carbocycles. The van der Waals surface area contributed by atoms with Gasteiger partial charge in [0, 0.05) is 12.1 Å². The number of hydrogen-bond acceptors (Lipinski definition) is 4. The largest absolute Gasteiger partial charge is 0.469 e. The van der Waals surface area contributed by atoms with Gasteiger partial charge in [-0.3, -0.25) is 14.4 Å². The summed E-state index contributed by atoms with van der Waals surface area (Å²) in [6, 6.07) is 14.3. The molecule has 0 fully saturated rings. The molecule has 0 aromatic heterocycles. The molecule has 2 aromatic rings. The Hall–Kier alpha value is -3.15. The minimum atomic E-state index is -0.716. The van der Waals surface area contributed by atoms with Gasteiger partial charge in [-0.2, -0.15) is 0 Å². The van der Waals surface area contributed by atoms with E-state index in [1.807, 2.05) is 64.1 Å². The summed E-state index contributed by atoms with van der Waals surface area (Å²) in [6.45, 7) is 7.80. The van der Waals surface area contributed by atoms with Gasteiger partial charge >= 0.3 is 5.97 Å². The number of esters is 1. The van der Waals surface area contributed by atoms with Crippen LogP contribution in [0.25, 0.3) is 0 Å². The number of carbonyl (C=O) groups excluding carboxylic acids is 3. The van der Waals surface area contributed by atoms with Crippen molar-refractivity contribution in [1.82, 2.24) is 10.6 Å². The van der Waals surface area contributed by atoms with Crippen molar-refractivity contribution in [3.63, 3.8) is 0 Å². The lowest BCUT2D eigenvalue weighted by atomic mass is 9.97. The van der Waals surface area contributed by atoms with Gasteiger partial charge in [-0.05, 0) is 43.9 Å². The Labute approximate surface area is 184 Å². The van der Waals surface area contributed by atoms with Crippen molar-refractivity contribution in [2.75, 3.05) is 13.7 Å². The number of hydrogen-bond donors (Lipinski definition) is 2. The van der Waals surface area contributed by atoms with Gasteiger partial charge in [-0.25, -0.2) is 0 Å². The topological polar surface area (TPSA) is 84.5 Å². The summed E-state index contributed by atoms with van der Waals surface area (Å²) in [4.78, 5) is 37.7. The summed E-state index contributed by atoms with van der Waals surface area (Å²) in [5.41, 5.74) is 3.67. The lowest BCUT2D eigenvalue weighted by Crippen LogP contribution is -2.51. The zero-order chi connectivity index (χ0) is 23.0. The van der Waals surface area contributed by atoms with Crippen LogP contribution in [0.1, 0.15) is 40.9 Å². The first kappa shape index (κ1) is 24.1. The van der Waals surface area contributed by atoms with Gasteiger partial charge in [0.25, 0.3) is 5.91 Å². The van der Waals surface area contributed by atoms with Crippen LogP contribution >= 0.6 is 0 Å². The van der Waals surface area contributed by atoms with E-state index in [4.69, 9.17) is 4.74 Å². The maximum Gasteiger partial charge on any atom is 0.310 e. The Balaban J connectivity index is 2.03. The number of nitrogens with one attached hydrogen (secondary N) is 2. The van der Waals surface area contributed by atoms with Crippen molar-refractivity contribution in [1.29, 1.82) is 0 Å². The molecule has 0 spiro atoms. The van der Waals surface area contributed by atoms with E-state index >= 15 is 0 Å². The third-order valence-corrected chi connectivity index (χ3v) is 5.21. The molecule has 0 radical (unpaired) electrons. The van der Waals surface area contributed by atoms with Gasteiger partial charge in [-0.1, -0.05) is 61.4 Å². The van der Waals surface area contributed by atoms with Crippen LogP contribution in [0.15, 0.2) is 48.5 Å². The third kappa shape index (κ3) is 7.24. The molecule has 0 aliphatic heterocycles. The highest BCUT2D eigenvalue weighted by Crippen LogP contribution is 2.12. The fourth-order valence-electron chi connectivity index (χ4n) is 3.21. The molecule has 6 heteroatoms. The number of rotatable bonds is 9. The number of aryl methyl sites for hydroxylation is 2. The Morgan fingerprint density at radius 1 is 0.903 bits per heavy atom. The van der Waals surface area contributed by atoms with Crippen molar-refractivity contribution >= 4 is 17.8 Å². The predicted octanol–water partition coefficient (Wildman–Crippen LogP) is 3.21. The van der Waals surface area contributed by atoms with Gasteiger partial charge in [0.1, 0.15) is 6.04 Å². The van der Waals surface area contributed by atoms with Gasteiger partial charge in [0.2, 0.25) is 5.91 Å². The van der Waals surface area contributed by atoms with E-state index in [0.717, 1.165) is 16.7 Å². The maximum atomic E-state index is 12.8. The molecule has 0 aliphatic carbocycles. The second kappa shape index (κ2) is 11.3. The number of methoxy groups -OCH3 is 1. The van der Waals surface area contributed by atoms with Crippen molar-refractivity contribution in [3.05, 3.63) is 70.8 Å². The Morgan fingerprint density at radius 2 is 1.45 bits per heavy atom. The van der Waals surface area contributed by atoms with E-state index in [1.54, 1.807) is 12.1 Å². The first-order chi connectivity index (χ1) is 14.7. The van der Waals surface area contributed by atoms with Crippen LogP contribution in [-0.4, -0.2) is 37.5 Å². The fourth-order valence-corrected chi connectivity index (χ4v) is 3.21. The van der Waals surface area contributed by atoms with E-state index in [9.17, 15) is 14.4 Å². The van der Waals surface area contributed by atoms with Crippen molar-refractivity contribution < 1.29 is 19.1 Å². The molecule has 31 heavy (non-hydrogen) atoms. The SMILES string of the molecule is COC(=O)C(CNC(=O)C(NC(=O)c1ccc(C)cc1)C(C)C)Cc1ccc(C)cc1. The average Bonchev–Trinajstić information content (AvgIpc) is 2.75. The quantitative estimate of drug-likeness (QED) is 0.606. The molecule has 2 unspecified atom stereocenters. The predicted molar refractivity (Wildman–Crippen MR) is 121 cm³/mol. The Kier molecular flexibility index (Phi) is 8.79. The summed E-state index contributed by atoms with van der Waals surface area (Å²) in [5.74, 6) is -1.66.